The monoisotopic (exact) mass is 398 g/mol. The minimum Gasteiger partial charge on any atom is -0.478 e. The molecule has 2 aromatic carbocycles. The number of H-pyrrole nitrogens is 1. The number of nitrogens with zero attached hydrogens (tertiary/aromatic N) is 1. The molecule has 0 atom stereocenters. The standard InChI is InChI=1S/C20H19BrN2O2/c1-20(2,3)14-6-4-5-13(11-14)19-22-15-9-7-12(8-10-16(24)25)17(21)18(15)23-19/h4-11H,1-3H3,(H,22,23)(H,24,25)/b10-8+. The Morgan fingerprint density at radius 3 is 2.68 bits per heavy atom. The predicted octanol–water partition coefficient (Wildman–Crippen LogP) is 5.39. The Labute approximate surface area is 154 Å². The van der Waals surface area contributed by atoms with Crippen LogP contribution in [0.5, 0.6) is 0 Å². The molecular formula is C20H19BrN2O2. The highest BCUT2D eigenvalue weighted by molar-refractivity contribution is 9.10. The van der Waals surface area contributed by atoms with Crippen molar-refractivity contribution in [1.82, 2.24) is 9.97 Å². The van der Waals surface area contributed by atoms with Gasteiger partial charge in [0.05, 0.1) is 9.99 Å². The van der Waals surface area contributed by atoms with E-state index in [2.05, 4.69) is 53.8 Å². The topological polar surface area (TPSA) is 66.0 Å². The molecule has 5 heteroatoms. The van der Waals surface area contributed by atoms with Crippen LogP contribution in [0.4, 0.5) is 0 Å². The summed E-state index contributed by atoms with van der Waals surface area (Å²) in [6.45, 7) is 6.55. The smallest absolute Gasteiger partial charge is 0.328 e. The highest BCUT2D eigenvalue weighted by Crippen LogP contribution is 2.31. The Kier molecular flexibility index (Phi) is 4.52. The first-order chi connectivity index (χ1) is 11.8. The van der Waals surface area contributed by atoms with Crippen molar-refractivity contribution in [1.29, 1.82) is 0 Å². The second-order valence-electron chi connectivity index (χ2n) is 6.95. The molecule has 0 amide bonds. The summed E-state index contributed by atoms with van der Waals surface area (Å²) in [5.41, 5.74) is 4.79. The van der Waals surface area contributed by atoms with E-state index >= 15 is 0 Å². The van der Waals surface area contributed by atoms with Crippen LogP contribution in [0, 0.1) is 0 Å². The number of carboxylic acid groups (broad SMARTS) is 1. The summed E-state index contributed by atoms with van der Waals surface area (Å²) in [5.74, 6) is -0.185. The fourth-order valence-corrected chi connectivity index (χ4v) is 3.18. The zero-order valence-electron chi connectivity index (χ0n) is 14.3. The number of aromatic nitrogens is 2. The number of rotatable bonds is 3. The summed E-state index contributed by atoms with van der Waals surface area (Å²) in [6, 6.07) is 12.1. The van der Waals surface area contributed by atoms with Gasteiger partial charge in [0.15, 0.2) is 0 Å². The van der Waals surface area contributed by atoms with Crippen molar-refractivity contribution in [3.05, 3.63) is 58.1 Å². The first kappa shape index (κ1) is 17.4. The Morgan fingerprint density at radius 1 is 1.24 bits per heavy atom. The predicted molar refractivity (Wildman–Crippen MR) is 105 cm³/mol. The van der Waals surface area contributed by atoms with Crippen molar-refractivity contribution in [2.45, 2.75) is 26.2 Å². The average Bonchev–Trinajstić information content (AvgIpc) is 2.98. The zero-order chi connectivity index (χ0) is 18.2. The summed E-state index contributed by atoms with van der Waals surface area (Å²) in [6.07, 6.45) is 2.67. The Hall–Kier alpha value is -2.40. The van der Waals surface area contributed by atoms with E-state index in [9.17, 15) is 4.79 Å². The molecule has 0 aliphatic rings. The van der Waals surface area contributed by atoms with E-state index in [1.54, 1.807) is 6.08 Å². The Morgan fingerprint density at radius 2 is 2.00 bits per heavy atom. The molecule has 3 rings (SSSR count). The fourth-order valence-electron chi connectivity index (χ4n) is 2.62. The molecule has 0 saturated heterocycles. The normalized spacial score (nSPS) is 12.2. The number of hydrogen-bond donors (Lipinski definition) is 2. The van der Waals surface area contributed by atoms with E-state index in [0.29, 0.717) is 0 Å². The molecule has 2 N–H and O–H groups in total. The first-order valence-electron chi connectivity index (χ1n) is 7.96. The van der Waals surface area contributed by atoms with Crippen LogP contribution in [0.3, 0.4) is 0 Å². The van der Waals surface area contributed by atoms with Gasteiger partial charge in [0, 0.05) is 11.6 Å². The van der Waals surface area contributed by atoms with Gasteiger partial charge in [-0.1, -0.05) is 45.0 Å². The third-order valence-electron chi connectivity index (χ3n) is 4.03. The SMILES string of the molecule is CC(C)(C)c1cccc(-c2nc3c(Br)c(/C=C/C(=O)O)ccc3[nH]2)c1. The number of aliphatic carboxylic acids is 1. The van der Waals surface area contributed by atoms with Crippen molar-refractivity contribution in [2.24, 2.45) is 0 Å². The number of benzene rings is 2. The lowest BCUT2D eigenvalue weighted by atomic mass is 9.86. The number of carboxylic acids is 1. The van der Waals surface area contributed by atoms with Gasteiger partial charge in [0.2, 0.25) is 0 Å². The largest absolute Gasteiger partial charge is 0.478 e. The number of aromatic amines is 1. The van der Waals surface area contributed by atoms with Crippen molar-refractivity contribution < 1.29 is 9.90 Å². The molecular weight excluding hydrogens is 380 g/mol. The molecule has 4 nitrogen and oxygen atoms in total. The quantitative estimate of drug-likeness (QED) is 0.581. The van der Waals surface area contributed by atoms with Crippen molar-refractivity contribution in [2.75, 3.05) is 0 Å². The second kappa shape index (κ2) is 6.48. The van der Waals surface area contributed by atoms with Gasteiger partial charge in [-0.25, -0.2) is 9.78 Å². The molecule has 0 unspecified atom stereocenters. The maximum atomic E-state index is 10.7. The zero-order valence-corrected chi connectivity index (χ0v) is 15.9. The molecule has 1 aromatic heterocycles. The molecule has 0 bridgehead atoms. The lowest BCUT2D eigenvalue weighted by Gasteiger charge is -2.19. The van der Waals surface area contributed by atoms with E-state index in [0.717, 1.165) is 38.5 Å². The van der Waals surface area contributed by atoms with E-state index in [1.807, 2.05) is 24.3 Å². The Bertz CT molecular complexity index is 981. The molecule has 0 aliphatic carbocycles. The number of imidazole rings is 1. The average molecular weight is 399 g/mol. The van der Waals surface area contributed by atoms with E-state index in [-0.39, 0.29) is 5.41 Å². The van der Waals surface area contributed by atoms with E-state index in [1.165, 1.54) is 5.56 Å². The molecule has 25 heavy (non-hydrogen) atoms. The van der Waals surface area contributed by atoms with Gasteiger partial charge in [-0.2, -0.15) is 0 Å². The molecule has 1 heterocycles. The van der Waals surface area contributed by atoms with E-state index in [4.69, 9.17) is 10.1 Å². The third-order valence-corrected chi connectivity index (χ3v) is 4.86. The van der Waals surface area contributed by atoms with Gasteiger partial charge in [0.25, 0.3) is 0 Å². The molecule has 128 valence electrons. The van der Waals surface area contributed by atoms with E-state index < -0.39 is 5.97 Å². The number of carbonyl (C=O) groups is 1. The van der Waals surface area contributed by atoms with Gasteiger partial charge in [0.1, 0.15) is 11.3 Å². The Balaban J connectivity index is 2.08. The second-order valence-corrected chi connectivity index (χ2v) is 7.75. The minimum atomic E-state index is -0.978. The van der Waals surface area contributed by atoms with Crippen LogP contribution in [0.2, 0.25) is 0 Å². The van der Waals surface area contributed by atoms with Gasteiger partial charge < -0.3 is 10.1 Å². The maximum absolute atomic E-state index is 10.7. The number of halogens is 1. The molecule has 3 aromatic rings. The van der Waals surface area contributed by atoms with Gasteiger partial charge in [-0.15, -0.1) is 0 Å². The third kappa shape index (κ3) is 3.66. The summed E-state index contributed by atoms with van der Waals surface area (Å²) in [7, 11) is 0. The molecule has 0 radical (unpaired) electrons. The highest BCUT2D eigenvalue weighted by atomic mass is 79.9. The highest BCUT2D eigenvalue weighted by Gasteiger charge is 2.16. The lowest BCUT2D eigenvalue weighted by Crippen LogP contribution is -2.10. The van der Waals surface area contributed by atoms with Crippen LogP contribution in [0.1, 0.15) is 31.9 Å². The van der Waals surface area contributed by atoms with Crippen LogP contribution >= 0.6 is 15.9 Å². The van der Waals surface area contributed by atoms with Gasteiger partial charge in [-0.3, -0.25) is 0 Å². The number of nitrogens with one attached hydrogen (secondary N) is 1. The van der Waals surface area contributed by atoms with Crippen molar-refractivity contribution in [3.63, 3.8) is 0 Å². The molecule has 0 saturated carbocycles. The minimum absolute atomic E-state index is 0.0669. The summed E-state index contributed by atoms with van der Waals surface area (Å²) < 4.78 is 0.775. The number of hydrogen-bond acceptors (Lipinski definition) is 2. The fraction of sp³-hybridized carbons (Fsp3) is 0.200. The summed E-state index contributed by atoms with van der Waals surface area (Å²) in [4.78, 5) is 18.8. The number of fused-ring (bicyclic) bond motifs is 1. The van der Waals surface area contributed by atoms with Gasteiger partial charge in [-0.05, 0) is 50.7 Å². The summed E-state index contributed by atoms with van der Waals surface area (Å²) in [5, 5.41) is 8.80. The molecule has 0 aliphatic heterocycles. The van der Waals surface area contributed by atoms with Crippen LogP contribution in [0.25, 0.3) is 28.5 Å². The van der Waals surface area contributed by atoms with Crippen LogP contribution in [-0.2, 0) is 10.2 Å². The van der Waals surface area contributed by atoms with Crippen LogP contribution < -0.4 is 0 Å². The van der Waals surface area contributed by atoms with Crippen LogP contribution in [0.15, 0.2) is 46.9 Å². The maximum Gasteiger partial charge on any atom is 0.328 e. The first-order valence-corrected chi connectivity index (χ1v) is 8.75. The molecule has 0 fully saturated rings. The summed E-state index contributed by atoms with van der Waals surface area (Å²) >= 11 is 3.54. The van der Waals surface area contributed by atoms with Gasteiger partial charge >= 0.3 is 5.97 Å². The molecule has 0 spiro atoms. The van der Waals surface area contributed by atoms with Crippen LogP contribution in [-0.4, -0.2) is 21.0 Å². The van der Waals surface area contributed by atoms with Crippen molar-refractivity contribution >= 4 is 39.0 Å². The lowest BCUT2D eigenvalue weighted by molar-refractivity contribution is -0.131. The van der Waals surface area contributed by atoms with Crippen molar-refractivity contribution in [3.8, 4) is 11.4 Å².